The predicted molar refractivity (Wildman–Crippen MR) is 97.0 cm³/mol. The van der Waals surface area contributed by atoms with Gasteiger partial charge in [0.25, 0.3) is 0 Å². The summed E-state index contributed by atoms with van der Waals surface area (Å²) in [6.45, 7) is 3.46. The number of fused-ring (bicyclic) bond motifs is 9. The molecule has 5 aliphatic carbocycles. The fourth-order valence-corrected chi connectivity index (χ4v) is 8.97. The van der Waals surface area contributed by atoms with Crippen molar-refractivity contribution in [1.29, 1.82) is 0 Å². The van der Waals surface area contributed by atoms with E-state index in [2.05, 4.69) is 13.0 Å². The molecule has 0 radical (unpaired) electrons. The molecule has 4 saturated carbocycles. The summed E-state index contributed by atoms with van der Waals surface area (Å²) < 4.78 is 6.56. The number of rotatable bonds is 1. The molecule has 0 aromatic rings. The summed E-state index contributed by atoms with van der Waals surface area (Å²) in [4.78, 5) is 12.0. The van der Waals surface area contributed by atoms with Gasteiger partial charge >= 0.3 is 0 Å². The molecule has 0 bridgehead atoms. The maximum Gasteiger partial charge on any atom is 0.155 e. The summed E-state index contributed by atoms with van der Waals surface area (Å²) in [6, 6.07) is 0. The first-order valence-corrected chi connectivity index (χ1v) is 11.1. The van der Waals surface area contributed by atoms with E-state index in [1.165, 1.54) is 51.4 Å². The van der Waals surface area contributed by atoms with Gasteiger partial charge in [-0.1, -0.05) is 12.5 Å². The van der Waals surface area contributed by atoms with E-state index in [9.17, 15) is 4.79 Å². The third-order valence-corrected chi connectivity index (χ3v) is 9.83. The van der Waals surface area contributed by atoms with E-state index >= 15 is 0 Å². The molecule has 8 atom stereocenters. The Bertz CT molecular complexity index is 642. The van der Waals surface area contributed by atoms with Crippen LogP contribution >= 0.6 is 0 Å². The fraction of sp³-hybridized carbons (Fsp3) is 0.870. The van der Waals surface area contributed by atoms with E-state index in [0.717, 1.165) is 55.0 Å². The summed E-state index contributed by atoms with van der Waals surface area (Å²) in [5.74, 6) is 5.58. The smallest absolute Gasteiger partial charge is 0.155 e. The van der Waals surface area contributed by atoms with Crippen molar-refractivity contribution in [3.05, 3.63) is 11.6 Å². The number of ether oxygens (including phenoxy) is 1. The molecule has 25 heavy (non-hydrogen) atoms. The van der Waals surface area contributed by atoms with Crippen LogP contribution < -0.4 is 0 Å². The maximum absolute atomic E-state index is 12.0. The predicted octanol–water partition coefficient (Wildman–Crippen LogP) is 4.92. The Morgan fingerprint density at radius 3 is 2.84 bits per heavy atom. The van der Waals surface area contributed by atoms with E-state index in [1.54, 1.807) is 5.57 Å². The first-order valence-electron chi connectivity index (χ1n) is 11.1. The van der Waals surface area contributed by atoms with E-state index in [1.807, 2.05) is 0 Å². The molecule has 1 saturated heterocycles. The second-order valence-electron chi connectivity index (χ2n) is 10.1. The van der Waals surface area contributed by atoms with Crippen molar-refractivity contribution in [1.82, 2.24) is 0 Å². The van der Waals surface area contributed by atoms with Crippen LogP contribution in [0.5, 0.6) is 0 Å². The van der Waals surface area contributed by atoms with E-state index in [-0.39, 0.29) is 5.60 Å². The number of carbonyl (C=O) groups is 1. The SMILES string of the molecule is CC[C@]12CCC3C(C1CC[C@@]21CCCO1)[C@H]1C[C@H]1C1=CC(=O)CC[C@@H]13. The Hall–Kier alpha value is -0.630. The monoisotopic (exact) mass is 340 g/mol. The summed E-state index contributed by atoms with van der Waals surface area (Å²) in [5, 5.41) is 0. The van der Waals surface area contributed by atoms with E-state index in [4.69, 9.17) is 4.74 Å². The van der Waals surface area contributed by atoms with Crippen molar-refractivity contribution in [2.75, 3.05) is 6.61 Å². The molecule has 1 aliphatic heterocycles. The zero-order valence-corrected chi connectivity index (χ0v) is 15.6. The van der Waals surface area contributed by atoms with Crippen molar-refractivity contribution < 1.29 is 9.53 Å². The van der Waals surface area contributed by atoms with Crippen molar-refractivity contribution >= 4 is 5.78 Å². The number of hydrogen-bond acceptors (Lipinski definition) is 2. The molecule has 6 aliphatic rings. The Labute approximate surface area is 151 Å². The largest absolute Gasteiger partial charge is 0.374 e. The van der Waals surface area contributed by atoms with Gasteiger partial charge in [0, 0.05) is 18.4 Å². The second-order valence-corrected chi connectivity index (χ2v) is 10.1. The van der Waals surface area contributed by atoms with Crippen LogP contribution in [0.4, 0.5) is 0 Å². The van der Waals surface area contributed by atoms with Gasteiger partial charge < -0.3 is 4.74 Å². The minimum Gasteiger partial charge on any atom is -0.374 e. The van der Waals surface area contributed by atoms with Crippen LogP contribution in [-0.2, 0) is 9.53 Å². The van der Waals surface area contributed by atoms with Crippen LogP contribution in [0, 0.1) is 40.9 Å². The minimum absolute atomic E-state index is 0.237. The highest BCUT2D eigenvalue weighted by molar-refractivity contribution is 5.91. The van der Waals surface area contributed by atoms with Crippen molar-refractivity contribution in [3.63, 3.8) is 0 Å². The van der Waals surface area contributed by atoms with Crippen molar-refractivity contribution in [2.45, 2.75) is 76.7 Å². The summed E-state index contributed by atoms with van der Waals surface area (Å²) >= 11 is 0. The quantitative estimate of drug-likeness (QED) is 0.677. The van der Waals surface area contributed by atoms with Crippen molar-refractivity contribution in [2.24, 2.45) is 40.9 Å². The zero-order chi connectivity index (χ0) is 16.8. The Balaban J connectivity index is 1.39. The first kappa shape index (κ1) is 15.4. The topological polar surface area (TPSA) is 26.3 Å². The molecule has 6 rings (SSSR count). The second kappa shape index (κ2) is 5.00. The van der Waals surface area contributed by atoms with Crippen molar-refractivity contribution in [3.8, 4) is 0 Å². The molecule has 2 nitrogen and oxygen atoms in total. The Morgan fingerprint density at radius 1 is 1.12 bits per heavy atom. The molecular formula is C23H32O2. The molecule has 1 spiro atoms. The highest BCUT2D eigenvalue weighted by atomic mass is 16.5. The summed E-state index contributed by atoms with van der Waals surface area (Å²) in [7, 11) is 0. The van der Waals surface area contributed by atoms with Gasteiger partial charge in [-0.2, -0.15) is 0 Å². The average molecular weight is 341 g/mol. The van der Waals surface area contributed by atoms with Crippen LogP contribution in [0.25, 0.3) is 0 Å². The number of carbonyl (C=O) groups excluding carboxylic acids is 1. The highest BCUT2D eigenvalue weighted by Gasteiger charge is 2.69. The highest BCUT2D eigenvalue weighted by Crippen LogP contribution is 2.74. The lowest BCUT2D eigenvalue weighted by Gasteiger charge is -2.57. The number of allylic oxidation sites excluding steroid dienone is 1. The lowest BCUT2D eigenvalue weighted by atomic mass is 9.49. The average Bonchev–Trinajstić information content (AvgIpc) is 3.18. The van der Waals surface area contributed by atoms with Gasteiger partial charge in [0.05, 0.1) is 5.60 Å². The van der Waals surface area contributed by atoms with Crippen LogP contribution in [-0.4, -0.2) is 18.0 Å². The maximum atomic E-state index is 12.0. The molecule has 1 heterocycles. The summed E-state index contributed by atoms with van der Waals surface area (Å²) in [5.41, 5.74) is 2.31. The molecule has 0 N–H and O–H groups in total. The molecule has 0 aromatic carbocycles. The van der Waals surface area contributed by atoms with E-state index in [0.29, 0.717) is 11.2 Å². The minimum atomic E-state index is 0.237. The third-order valence-electron chi connectivity index (χ3n) is 9.83. The van der Waals surface area contributed by atoms with Gasteiger partial charge in [0.15, 0.2) is 5.78 Å². The van der Waals surface area contributed by atoms with Crippen LogP contribution in [0.3, 0.4) is 0 Å². The van der Waals surface area contributed by atoms with Gasteiger partial charge in [-0.15, -0.1) is 0 Å². The standard InChI is InChI=1S/C23H32O2/c1-2-22-9-6-16-15-5-4-14(24)12-17(15)18-13-19(18)21(16)20(22)7-10-23(22)8-3-11-25-23/h12,15-16,18-21H,2-11,13H2,1H3/t15-,16?,18+,19+,20?,21?,22+,23+/m1/s1. The normalized spacial score (nSPS) is 56.0. The number of hydrogen-bond donors (Lipinski definition) is 0. The molecule has 136 valence electrons. The molecular weight excluding hydrogens is 308 g/mol. The third kappa shape index (κ3) is 1.78. The van der Waals surface area contributed by atoms with Gasteiger partial charge in [-0.25, -0.2) is 0 Å². The van der Waals surface area contributed by atoms with Crippen LogP contribution in [0.15, 0.2) is 11.6 Å². The number of ketones is 1. The molecule has 0 aromatic heterocycles. The van der Waals surface area contributed by atoms with Gasteiger partial charge in [0.2, 0.25) is 0 Å². The Kier molecular flexibility index (Phi) is 3.09. The van der Waals surface area contributed by atoms with Gasteiger partial charge in [0.1, 0.15) is 0 Å². The van der Waals surface area contributed by atoms with Crippen LogP contribution in [0.2, 0.25) is 0 Å². The molecule has 5 fully saturated rings. The lowest BCUT2D eigenvalue weighted by Crippen LogP contribution is -2.54. The van der Waals surface area contributed by atoms with Crippen LogP contribution in [0.1, 0.15) is 71.1 Å². The zero-order valence-electron chi connectivity index (χ0n) is 15.6. The molecule has 0 amide bonds. The fourth-order valence-electron chi connectivity index (χ4n) is 8.97. The lowest BCUT2D eigenvalue weighted by molar-refractivity contribution is -0.141. The summed E-state index contributed by atoms with van der Waals surface area (Å²) in [6.07, 6.45) is 14.9. The van der Waals surface area contributed by atoms with E-state index < -0.39 is 0 Å². The Morgan fingerprint density at radius 2 is 2.04 bits per heavy atom. The van der Waals surface area contributed by atoms with Gasteiger partial charge in [-0.3, -0.25) is 4.79 Å². The molecule has 2 heteroatoms. The van der Waals surface area contributed by atoms with Gasteiger partial charge in [-0.05, 0) is 99.4 Å². The first-order chi connectivity index (χ1) is 12.2. The molecule has 3 unspecified atom stereocenters.